The first-order valence-electron chi connectivity index (χ1n) is 4.56. The minimum Gasteiger partial charge on any atom is -0.392 e. The topological polar surface area (TPSA) is 46.3 Å². The number of thiocarbonyl (C=S) groups is 1. The SMILES string of the molecule is Cc1ccc(C(=O)N(C)C(C)C(N)=S)s1. The van der Waals surface area contributed by atoms with Crippen LogP contribution in [0.4, 0.5) is 0 Å². The van der Waals surface area contributed by atoms with Gasteiger partial charge in [-0.3, -0.25) is 4.79 Å². The third-order valence-corrected chi connectivity index (χ3v) is 3.59. The molecule has 0 fully saturated rings. The number of hydrogen-bond donors (Lipinski definition) is 1. The van der Waals surface area contributed by atoms with Crippen LogP contribution >= 0.6 is 23.6 Å². The van der Waals surface area contributed by atoms with Crippen LogP contribution in [0.15, 0.2) is 12.1 Å². The van der Waals surface area contributed by atoms with E-state index in [4.69, 9.17) is 18.0 Å². The van der Waals surface area contributed by atoms with E-state index in [2.05, 4.69) is 0 Å². The van der Waals surface area contributed by atoms with Gasteiger partial charge in [0.25, 0.3) is 5.91 Å². The molecule has 2 N–H and O–H groups in total. The molecule has 1 aromatic rings. The molecule has 0 saturated heterocycles. The fourth-order valence-corrected chi connectivity index (χ4v) is 2.10. The molecule has 0 aliphatic heterocycles. The third-order valence-electron chi connectivity index (χ3n) is 2.26. The average Bonchev–Trinajstić information content (AvgIpc) is 2.61. The highest BCUT2D eigenvalue weighted by atomic mass is 32.1. The third kappa shape index (κ3) is 2.76. The van der Waals surface area contributed by atoms with Crippen molar-refractivity contribution in [1.29, 1.82) is 0 Å². The van der Waals surface area contributed by atoms with Crippen LogP contribution in [-0.4, -0.2) is 28.9 Å². The molecule has 0 aromatic carbocycles. The van der Waals surface area contributed by atoms with Crippen LogP contribution in [0, 0.1) is 6.92 Å². The Morgan fingerprint density at radius 1 is 1.60 bits per heavy atom. The lowest BCUT2D eigenvalue weighted by Gasteiger charge is -2.23. The molecule has 1 aromatic heterocycles. The predicted molar refractivity (Wildman–Crippen MR) is 67.4 cm³/mol. The van der Waals surface area contributed by atoms with E-state index in [1.807, 2.05) is 26.0 Å². The Morgan fingerprint density at radius 3 is 2.60 bits per heavy atom. The van der Waals surface area contributed by atoms with Gasteiger partial charge in [0.15, 0.2) is 0 Å². The maximum atomic E-state index is 11.9. The Hall–Kier alpha value is -0.940. The van der Waals surface area contributed by atoms with Crippen LogP contribution in [-0.2, 0) is 0 Å². The summed E-state index contributed by atoms with van der Waals surface area (Å²) in [6, 6.07) is 3.54. The average molecular weight is 242 g/mol. The van der Waals surface area contributed by atoms with Crippen molar-refractivity contribution < 1.29 is 4.79 Å². The highest BCUT2D eigenvalue weighted by molar-refractivity contribution is 7.80. The minimum absolute atomic E-state index is 0.0339. The van der Waals surface area contributed by atoms with E-state index in [1.54, 1.807) is 11.9 Å². The first-order chi connectivity index (χ1) is 6.93. The number of hydrogen-bond acceptors (Lipinski definition) is 3. The van der Waals surface area contributed by atoms with Gasteiger partial charge in [-0.15, -0.1) is 11.3 Å². The van der Waals surface area contributed by atoms with E-state index < -0.39 is 0 Å². The number of carbonyl (C=O) groups is 1. The summed E-state index contributed by atoms with van der Waals surface area (Å²) in [5.74, 6) is -0.0339. The van der Waals surface area contributed by atoms with Gasteiger partial charge in [0, 0.05) is 11.9 Å². The molecule has 3 nitrogen and oxygen atoms in total. The molecule has 0 aliphatic carbocycles. The van der Waals surface area contributed by atoms with Crippen LogP contribution in [0.2, 0.25) is 0 Å². The lowest BCUT2D eigenvalue weighted by Crippen LogP contribution is -2.42. The second kappa shape index (κ2) is 4.72. The molecule has 0 aliphatic rings. The number of thiophene rings is 1. The summed E-state index contributed by atoms with van der Waals surface area (Å²) < 4.78 is 0. The number of amides is 1. The van der Waals surface area contributed by atoms with Crippen molar-refractivity contribution in [1.82, 2.24) is 4.90 Å². The molecular formula is C10H14N2OS2. The standard InChI is InChI=1S/C10H14N2OS2/c1-6-4-5-8(15-6)10(13)12(3)7(2)9(11)14/h4-5,7H,1-3H3,(H2,11,14). The van der Waals surface area contributed by atoms with Gasteiger partial charge in [0.2, 0.25) is 0 Å². The normalized spacial score (nSPS) is 12.2. The van der Waals surface area contributed by atoms with Crippen LogP contribution in [0.1, 0.15) is 21.5 Å². The van der Waals surface area contributed by atoms with E-state index in [1.165, 1.54) is 11.3 Å². The molecular weight excluding hydrogens is 228 g/mol. The Kier molecular flexibility index (Phi) is 3.82. The number of aryl methyl sites for hydroxylation is 1. The molecule has 1 unspecified atom stereocenters. The molecule has 0 radical (unpaired) electrons. The van der Waals surface area contributed by atoms with Crippen molar-refractivity contribution in [3.05, 3.63) is 21.9 Å². The number of nitrogens with two attached hydrogens (primary N) is 1. The maximum absolute atomic E-state index is 11.9. The lowest BCUT2D eigenvalue weighted by atomic mass is 10.3. The molecule has 0 spiro atoms. The van der Waals surface area contributed by atoms with Gasteiger partial charge in [-0.2, -0.15) is 0 Å². The quantitative estimate of drug-likeness (QED) is 0.822. The Balaban J connectivity index is 2.81. The van der Waals surface area contributed by atoms with Crippen LogP contribution in [0.5, 0.6) is 0 Å². The Labute approximate surface area is 98.9 Å². The summed E-state index contributed by atoms with van der Waals surface area (Å²) in [5.41, 5.74) is 5.50. The van der Waals surface area contributed by atoms with Gasteiger partial charge >= 0.3 is 0 Å². The maximum Gasteiger partial charge on any atom is 0.264 e. The summed E-state index contributed by atoms with van der Waals surface area (Å²) in [4.78, 5) is 15.7. The van der Waals surface area contributed by atoms with Gasteiger partial charge in [0.1, 0.15) is 0 Å². The van der Waals surface area contributed by atoms with Crippen molar-refractivity contribution in [2.75, 3.05) is 7.05 Å². The smallest absolute Gasteiger partial charge is 0.264 e. The van der Waals surface area contributed by atoms with Crippen molar-refractivity contribution >= 4 is 34.5 Å². The summed E-state index contributed by atoms with van der Waals surface area (Å²) in [5, 5.41) is 0. The molecule has 1 atom stereocenters. The largest absolute Gasteiger partial charge is 0.392 e. The zero-order valence-electron chi connectivity index (χ0n) is 8.98. The summed E-state index contributed by atoms with van der Waals surface area (Å²) in [7, 11) is 1.71. The van der Waals surface area contributed by atoms with Crippen LogP contribution in [0.25, 0.3) is 0 Å². The molecule has 82 valence electrons. The first-order valence-corrected chi connectivity index (χ1v) is 5.79. The van der Waals surface area contributed by atoms with Gasteiger partial charge < -0.3 is 10.6 Å². The van der Waals surface area contributed by atoms with E-state index in [9.17, 15) is 4.79 Å². The van der Waals surface area contributed by atoms with E-state index >= 15 is 0 Å². The highest BCUT2D eigenvalue weighted by Crippen LogP contribution is 2.17. The summed E-state index contributed by atoms with van der Waals surface area (Å²) >= 11 is 6.33. The second-order valence-electron chi connectivity index (χ2n) is 3.40. The molecule has 1 rings (SSSR count). The van der Waals surface area contributed by atoms with E-state index in [0.29, 0.717) is 4.99 Å². The van der Waals surface area contributed by atoms with Crippen LogP contribution in [0.3, 0.4) is 0 Å². The van der Waals surface area contributed by atoms with Crippen molar-refractivity contribution in [2.45, 2.75) is 19.9 Å². The van der Waals surface area contributed by atoms with Crippen molar-refractivity contribution in [3.8, 4) is 0 Å². The molecule has 0 saturated carbocycles. The van der Waals surface area contributed by atoms with Crippen molar-refractivity contribution in [2.24, 2.45) is 5.73 Å². The van der Waals surface area contributed by atoms with Gasteiger partial charge in [-0.25, -0.2) is 0 Å². The number of carbonyl (C=O) groups excluding carboxylic acids is 1. The molecule has 1 amide bonds. The van der Waals surface area contributed by atoms with Gasteiger partial charge in [-0.1, -0.05) is 12.2 Å². The first kappa shape index (κ1) is 12.1. The summed E-state index contributed by atoms with van der Waals surface area (Å²) in [6.07, 6.45) is 0. The van der Waals surface area contributed by atoms with Gasteiger partial charge in [-0.05, 0) is 26.0 Å². The van der Waals surface area contributed by atoms with E-state index in [0.717, 1.165) is 9.75 Å². The van der Waals surface area contributed by atoms with Crippen LogP contribution < -0.4 is 5.73 Å². The molecule has 0 bridgehead atoms. The predicted octanol–water partition coefficient (Wildman–Crippen LogP) is 1.80. The molecule has 1 heterocycles. The molecule has 15 heavy (non-hydrogen) atoms. The molecule has 5 heteroatoms. The zero-order valence-corrected chi connectivity index (χ0v) is 10.6. The highest BCUT2D eigenvalue weighted by Gasteiger charge is 2.20. The lowest BCUT2D eigenvalue weighted by molar-refractivity contribution is 0.0784. The summed E-state index contributed by atoms with van der Waals surface area (Å²) in [6.45, 7) is 3.79. The number of nitrogens with zero attached hydrogens (tertiary/aromatic N) is 1. The van der Waals surface area contributed by atoms with Crippen molar-refractivity contribution in [3.63, 3.8) is 0 Å². The number of rotatable bonds is 3. The van der Waals surface area contributed by atoms with E-state index in [-0.39, 0.29) is 11.9 Å². The Morgan fingerprint density at radius 2 is 2.20 bits per heavy atom. The monoisotopic (exact) mass is 242 g/mol. The fourth-order valence-electron chi connectivity index (χ4n) is 1.09. The minimum atomic E-state index is -0.213. The number of likely N-dealkylation sites (N-methyl/N-ethyl adjacent to an activating group) is 1. The van der Waals surface area contributed by atoms with Gasteiger partial charge in [0.05, 0.1) is 15.9 Å². The zero-order chi connectivity index (χ0) is 11.6. The fraction of sp³-hybridized carbons (Fsp3) is 0.400. The second-order valence-corrected chi connectivity index (χ2v) is 5.16. The Bertz CT molecular complexity index is 387.